The molecular formula is C37H76N2O. The predicted molar refractivity (Wildman–Crippen MR) is 181 cm³/mol. The maximum Gasteiger partial charge on any atom is 0.219 e. The van der Waals surface area contributed by atoms with Gasteiger partial charge in [0.25, 0.3) is 0 Å². The third-order valence-electron chi connectivity index (χ3n) is 8.27. The van der Waals surface area contributed by atoms with Gasteiger partial charge in [0, 0.05) is 20.9 Å². The molecule has 0 saturated heterocycles. The van der Waals surface area contributed by atoms with E-state index in [1.54, 1.807) is 0 Å². The van der Waals surface area contributed by atoms with Crippen LogP contribution in [0.1, 0.15) is 176 Å². The van der Waals surface area contributed by atoms with E-state index in [4.69, 9.17) is 8.15 Å². The fourth-order valence-corrected chi connectivity index (χ4v) is 5.51. The van der Waals surface area contributed by atoms with Gasteiger partial charge in [-0.05, 0) is 85.9 Å². The normalized spacial score (nSPS) is 19.2. The van der Waals surface area contributed by atoms with Crippen molar-refractivity contribution < 1.29 is 7.54 Å². The van der Waals surface area contributed by atoms with Gasteiger partial charge in [-0.25, -0.2) is 0 Å². The Morgan fingerprint density at radius 2 is 1.05 bits per heavy atom. The van der Waals surface area contributed by atoms with Crippen molar-refractivity contribution in [1.29, 1.82) is 5.41 Å². The molecule has 240 valence electrons. The predicted octanol–water partition coefficient (Wildman–Crippen LogP) is 11.7. The molecule has 0 radical (unpaired) electrons. The van der Waals surface area contributed by atoms with Crippen LogP contribution < -0.4 is 5.32 Å². The number of nitrogens with one attached hydrogen (secondary N) is 2. The first-order valence-corrected chi connectivity index (χ1v) is 17.1. The summed E-state index contributed by atoms with van der Waals surface area (Å²) in [6.07, 6.45) is 11.3. The topological polar surface area (TPSA) is 53.0 Å². The van der Waals surface area contributed by atoms with Crippen LogP contribution in [0.4, 0.5) is 0 Å². The van der Waals surface area contributed by atoms with Crippen LogP contribution in [0.3, 0.4) is 0 Å². The Bertz CT molecular complexity index is 683. The second kappa shape index (κ2) is 24.7. The monoisotopic (exact) mass is 569 g/mol. The van der Waals surface area contributed by atoms with Gasteiger partial charge in [0.2, 0.25) is 5.91 Å². The molecule has 9 unspecified atom stereocenters. The maximum atomic E-state index is 11.8. The molecule has 9 atom stereocenters. The molecular weight excluding hydrogens is 488 g/mol. The lowest BCUT2D eigenvalue weighted by Crippen LogP contribution is -2.37. The van der Waals surface area contributed by atoms with Crippen molar-refractivity contribution in [3.8, 4) is 0 Å². The first-order valence-electron chi connectivity index (χ1n) is 18.3. The summed E-state index contributed by atoms with van der Waals surface area (Å²) in [5, 5.41) is 11.4. The van der Waals surface area contributed by atoms with Crippen molar-refractivity contribution in [1.82, 2.24) is 5.32 Å². The van der Waals surface area contributed by atoms with Crippen molar-refractivity contribution in [3.05, 3.63) is 0 Å². The summed E-state index contributed by atoms with van der Waals surface area (Å²) in [6, 6.07) is 0.260. The molecule has 0 aromatic carbocycles. The highest BCUT2D eigenvalue weighted by atomic mass is 16.1. The van der Waals surface area contributed by atoms with Gasteiger partial charge in [-0.1, -0.05) is 128 Å². The minimum Gasteiger partial charge on any atom is -0.353 e. The molecule has 0 fully saturated rings. The molecule has 0 aliphatic heterocycles. The first kappa shape index (κ1) is 37.2. The fourth-order valence-electron chi connectivity index (χ4n) is 5.51. The quantitative estimate of drug-likeness (QED) is 0.125. The van der Waals surface area contributed by atoms with E-state index < -0.39 is 0 Å². The minimum absolute atomic E-state index is 0.00469. The molecule has 0 heterocycles. The largest absolute Gasteiger partial charge is 0.353 e. The average molecular weight is 569 g/mol. The Kier molecular flexibility index (Phi) is 23.0. The molecule has 0 spiro atoms. The minimum atomic E-state index is 0.00469. The zero-order valence-electron chi connectivity index (χ0n) is 31.5. The first-order chi connectivity index (χ1) is 19.4. The lowest BCUT2D eigenvalue weighted by atomic mass is 9.86. The molecule has 3 heteroatoms. The summed E-state index contributed by atoms with van der Waals surface area (Å²) in [4.78, 5) is 11.8. The highest BCUT2D eigenvalue weighted by Crippen LogP contribution is 2.24. The van der Waals surface area contributed by atoms with Crippen LogP contribution in [0.5, 0.6) is 0 Å². The van der Waals surface area contributed by atoms with Crippen molar-refractivity contribution in [2.24, 2.45) is 47.3 Å². The molecule has 0 aliphatic carbocycles. The maximum absolute atomic E-state index is 11.8. The van der Waals surface area contributed by atoms with E-state index in [1.165, 1.54) is 25.7 Å². The number of carbonyl (C=O) groups excluding carboxylic acids is 1. The van der Waals surface area contributed by atoms with Gasteiger partial charge in [-0.3, -0.25) is 4.79 Å². The van der Waals surface area contributed by atoms with E-state index in [-0.39, 0.29) is 24.7 Å². The van der Waals surface area contributed by atoms with E-state index in [9.17, 15) is 4.79 Å². The standard InChI is InChI=1S/C20H41NO.C17H35N/c1-8-16(5)12-18(7)14-19(21-20(22)9-2)13-17(6)11-10-15(3)4;1-7-14(4)10-16(6)12-17(18)11-15(5)9-8-13(2)3/h15-19H,8-14H2,1-7H3,(H,21,22);13-16,18H,7-12H2,1-6H3/i10T;8T. The Morgan fingerprint density at radius 3 is 1.50 bits per heavy atom. The Morgan fingerprint density at radius 1 is 0.625 bits per heavy atom. The summed E-state index contributed by atoms with van der Waals surface area (Å²) in [7, 11) is 0. The van der Waals surface area contributed by atoms with E-state index in [1.807, 2.05) is 6.92 Å². The molecule has 40 heavy (non-hydrogen) atoms. The van der Waals surface area contributed by atoms with Gasteiger partial charge in [0.15, 0.2) is 0 Å². The molecule has 0 aliphatic rings. The van der Waals surface area contributed by atoms with E-state index in [0.29, 0.717) is 41.9 Å². The van der Waals surface area contributed by atoms with Crippen LogP contribution in [-0.4, -0.2) is 17.7 Å². The summed E-state index contributed by atoms with van der Waals surface area (Å²) in [6.45, 7) is 28.5. The van der Waals surface area contributed by atoms with Gasteiger partial charge in [-0.2, -0.15) is 0 Å². The fraction of sp³-hybridized carbons (Fsp3) is 0.946. The average Bonchev–Trinajstić information content (AvgIpc) is 2.87. The van der Waals surface area contributed by atoms with E-state index in [0.717, 1.165) is 56.1 Å². The zero-order valence-corrected chi connectivity index (χ0v) is 29.5. The van der Waals surface area contributed by atoms with Crippen LogP contribution in [0.2, 0.25) is 0 Å². The lowest BCUT2D eigenvalue weighted by molar-refractivity contribution is -0.121. The van der Waals surface area contributed by atoms with Crippen molar-refractivity contribution in [2.45, 2.75) is 179 Å². The second-order valence-electron chi connectivity index (χ2n) is 14.5. The van der Waals surface area contributed by atoms with Crippen molar-refractivity contribution in [2.75, 3.05) is 0 Å². The van der Waals surface area contributed by atoms with E-state index >= 15 is 0 Å². The van der Waals surface area contributed by atoms with Crippen LogP contribution in [0, 0.1) is 52.8 Å². The molecule has 0 saturated carbocycles. The number of hydrogen-bond acceptors (Lipinski definition) is 2. The highest BCUT2D eigenvalue weighted by molar-refractivity contribution is 5.81. The molecule has 0 aromatic heterocycles. The molecule has 2 N–H and O–H groups in total. The summed E-state index contributed by atoms with van der Waals surface area (Å²) >= 11 is 0. The van der Waals surface area contributed by atoms with Crippen LogP contribution >= 0.6 is 0 Å². The zero-order chi connectivity index (χ0) is 33.0. The van der Waals surface area contributed by atoms with Gasteiger partial charge in [0.1, 0.15) is 0 Å². The third kappa shape index (κ3) is 26.1. The Balaban J connectivity index is 0. The molecule has 0 rings (SSSR count). The third-order valence-corrected chi connectivity index (χ3v) is 8.27. The number of amides is 1. The summed E-state index contributed by atoms with van der Waals surface area (Å²) in [5.41, 5.74) is 0.888. The number of carbonyl (C=O) groups is 1. The van der Waals surface area contributed by atoms with Crippen LogP contribution in [-0.2, 0) is 4.79 Å². The van der Waals surface area contributed by atoms with Gasteiger partial charge in [-0.15, -0.1) is 0 Å². The van der Waals surface area contributed by atoms with Crippen LogP contribution in [0.25, 0.3) is 0 Å². The van der Waals surface area contributed by atoms with Gasteiger partial charge in [0.05, 0.1) is 0 Å². The summed E-state index contributed by atoms with van der Waals surface area (Å²) in [5.74, 6) is 4.76. The van der Waals surface area contributed by atoms with Gasteiger partial charge < -0.3 is 10.7 Å². The molecule has 3 nitrogen and oxygen atoms in total. The lowest BCUT2D eigenvalue weighted by Gasteiger charge is -2.26. The van der Waals surface area contributed by atoms with Crippen molar-refractivity contribution in [3.63, 3.8) is 0 Å². The Labute approximate surface area is 256 Å². The summed E-state index contributed by atoms with van der Waals surface area (Å²) < 4.78 is 16.1. The van der Waals surface area contributed by atoms with E-state index in [2.05, 4.69) is 88.4 Å². The molecule has 0 bridgehead atoms. The second-order valence-corrected chi connectivity index (χ2v) is 14.5. The SMILES string of the molecule is [3H]C(CC(C)CC(=N)CC(C)CC(C)CC)C(C)C.[3H]C(CC(C)CC(CC(C)CC(C)CC)NC(=O)CC)C(C)C. The number of rotatable bonds is 22. The molecule has 0 aromatic rings. The number of hydrogen-bond donors (Lipinski definition) is 2. The molecule has 1 amide bonds. The highest BCUT2D eigenvalue weighted by Gasteiger charge is 2.19. The smallest absolute Gasteiger partial charge is 0.219 e. The Hall–Kier alpha value is -0.860. The van der Waals surface area contributed by atoms with Crippen molar-refractivity contribution >= 4 is 11.6 Å². The van der Waals surface area contributed by atoms with Crippen LogP contribution in [0.15, 0.2) is 0 Å². The van der Waals surface area contributed by atoms with Gasteiger partial charge >= 0.3 is 0 Å².